The van der Waals surface area contributed by atoms with Crippen LogP contribution in [0, 0.1) is 17.3 Å². The van der Waals surface area contributed by atoms with E-state index < -0.39 is 9.84 Å². The molecule has 0 spiro atoms. The number of allylic oxidation sites excluding steroid dienone is 2. The number of amides is 1. The average molecular weight is 313 g/mol. The molecule has 5 heteroatoms. The summed E-state index contributed by atoms with van der Waals surface area (Å²) in [6, 6.07) is -0.128. The minimum atomic E-state index is -2.96. The molecule has 0 unspecified atom stereocenters. The number of rotatable bonds is 4. The highest BCUT2D eigenvalue weighted by atomic mass is 32.2. The van der Waals surface area contributed by atoms with Gasteiger partial charge in [-0.25, -0.2) is 8.42 Å². The molecular formula is C16H27NO3S. The summed E-state index contributed by atoms with van der Waals surface area (Å²) in [7, 11) is -2.96. The van der Waals surface area contributed by atoms with Gasteiger partial charge in [0.2, 0.25) is 5.91 Å². The summed E-state index contributed by atoms with van der Waals surface area (Å²) < 4.78 is 23.3. The molecule has 21 heavy (non-hydrogen) atoms. The molecule has 0 radical (unpaired) electrons. The molecule has 1 aliphatic carbocycles. The lowest BCUT2D eigenvalue weighted by atomic mass is 10.1. The predicted octanol–water partition coefficient (Wildman–Crippen LogP) is 2.26. The summed E-state index contributed by atoms with van der Waals surface area (Å²) in [4.78, 5) is 14.6. The Balaban J connectivity index is 2.14. The standard InChI is InChI=1S/C16H27NO3S/c1-6-17(12-7-8-21(19,20)10-12)15(18)14-13(9-11(2)3)16(14,4)5/h9,12-14H,6-8,10H2,1-5H3/t12-,13+,14+/m1/s1. The predicted molar refractivity (Wildman–Crippen MR) is 84.6 cm³/mol. The number of carbonyl (C=O) groups is 1. The molecule has 1 amide bonds. The molecule has 1 saturated carbocycles. The second kappa shape index (κ2) is 5.41. The van der Waals surface area contributed by atoms with E-state index in [2.05, 4.69) is 33.8 Å². The van der Waals surface area contributed by atoms with Gasteiger partial charge in [-0.3, -0.25) is 4.79 Å². The zero-order valence-electron chi connectivity index (χ0n) is 13.7. The van der Waals surface area contributed by atoms with E-state index in [1.807, 2.05) is 6.92 Å². The maximum Gasteiger partial charge on any atom is 0.227 e. The molecular weight excluding hydrogens is 286 g/mol. The summed E-state index contributed by atoms with van der Waals surface area (Å²) in [5.74, 6) is 0.754. The Hall–Kier alpha value is -0.840. The van der Waals surface area contributed by atoms with Crippen LogP contribution in [0.3, 0.4) is 0 Å². The minimum Gasteiger partial charge on any atom is -0.339 e. The Morgan fingerprint density at radius 1 is 1.33 bits per heavy atom. The van der Waals surface area contributed by atoms with Gasteiger partial charge in [0.05, 0.1) is 17.4 Å². The van der Waals surface area contributed by atoms with Crippen LogP contribution in [0.5, 0.6) is 0 Å². The average Bonchev–Trinajstić information content (AvgIpc) is 2.68. The van der Waals surface area contributed by atoms with Crippen LogP contribution < -0.4 is 0 Å². The van der Waals surface area contributed by atoms with Crippen LogP contribution in [0.1, 0.15) is 41.0 Å². The fourth-order valence-corrected chi connectivity index (χ4v) is 5.34. The molecule has 1 heterocycles. The highest BCUT2D eigenvalue weighted by molar-refractivity contribution is 7.91. The Morgan fingerprint density at radius 3 is 2.38 bits per heavy atom. The lowest BCUT2D eigenvalue weighted by Crippen LogP contribution is -2.42. The van der Waals surface area contributed by atoms with Crippen molar-refractivity contribution in [3.05, 3.63) is 11.6 Å². The Bertz CT molecular complexity index is 558. The number of hydrogen-bond donors (Lipinski definition) is 0. The van der Waals surface area contributed by atoms with Gasteiger partial charge < -0.3 is 4.90 Å². The molecule has 0 bridgehead atoms. The summed E-state index contributed by atoms with van der Waals surface area (Å²) in [5.41, 5.74) is 1.22. The fraction of sp³-hybridized carbons (Fsp3) is 0.812. The van der Waals surface area contributed by atoms with Crippen molar-refractivity contribution in [3.8, 4) is 0 Å². The Kier molecular flexibility index (Phi) is 4.26. The first-order valence-corrected chi connectivity index (χ1v) is 9.58. The molecule has 2 fully saturated rings. The van der Waals surface area contributed by atoms with Crippen molar-refractivity contribution in [1.29, 1.82) is 0 Å². The first-order valence-electron chi connectivity index (χ1n) is 7.76. The van der Waals surface area contributed by atoms with Gasteiger partial charge in [0.15, 0.2) is 9.84 Å². The molecule has 0 aromatic heterocycles. The number of sulfone groups is 1. The van der Waals surface area contributed by atoms with Gasteiger partial charge in [0.25, 0.3) is 0 Å². The summed E-state index contributed by atoms with van der Waals surface area (Å²) in [5, 5.41) is 0. The van der Waals surface area contributed by atoms with Crippen LogP contribution >= 0.6 is 0 Å². The smallest absolute Gasteiger partial charge is 0.227 e. The second-order valence-corrected chi connectivity index (χ2v) is 9.48. The summed E-state index contributed by atoms with van der Waals surface area (Å²) in [6.45, 7) is 10.9. The van der Waals surface area contributed by atoms with E-state index in [0.29, 0.717) is 13.0 Å². The fourth-order valence-electron chi connectivity index (χ4n) is 3.61. The molecule has 4 nitrogen and oxygen atoms in total. The van der Waals surface area contributed by atoms with E-state index in [1.165, 1.54) is 5.57 Å². The number of nitrogens with zero attached hydrogens (tertiary/aromatic N) is 1. The van der Waals surface area contributed by atoms with Gasteiger partial charge in [-0.05, 0) is 38.5 Å². The highest BCUT2D eigenvalue weighted by Crippen LogP contribution is 2.60. The van der Waals surface area contributed by atoms with Crippen LogP contribution in [0.4, 0.5) is 0 Å². The van der Waals surface area contributed by atoms with Crippen LogP contribution in [0.2, 0.25) is 0 Å². The van der Waals surface area contributed by atoms with Crippen molar-refractivity contribution in [2.45, 2.75) is 47.1 Å². The third kappa shape index (κ3) is 3.17. The van der Waals surface area contributed by atoms with Crippen LogP contribution in [0.15, 0.2) is 11.6 Å². The van der Waals surface area contributed by atoms with Gasteiger partial charge in [-0.15, -0.1) is 0 Å². The molecule has 1 saturated heterocycles. The van der Waals surface area contributed by atoms with Gasteiger partial charge in [-0.2, -0.15) is 0 Å². The van der Waals surface area contributed by atoms with Crippen molar-refractivity contribution in [3.63, 3.8) is 0 Å². The normalized spacial score (nSPS) is 32.5. The van der Waals surface area contributed by atoms with Gasteiger partial charge in [0, 0.05) is 12.6 Å². The summed E-state index contributed by atoms with van der Waals surface area (Å²) >= 11 is 0. The van der Waals surface area contributed by atoms with Crippen molar-refractivity contribution >= 4 is 15.7 Å². The Labute approximate surface area is 128 Å². The van der Waals surface area contributed by atoms with Crippen LogP contribution in [0.25, 0.3) is 0 Å². The second-order valence-electron chi connectivity index (χ2n) is 7.25. The molecule has 2 rings (SSSR count). The topological polar surface area (TPSA) is 54.5 Å². The minimum absolute atomic E-state index is 0.00402. The van der Waals surface area contributed by atoms with Gasteiger partial charge in [-0.1, -0.05) is 25.5 Å². The van der Waals surface area contributed by atoms with E-state index in [-0.39, 0.29) is 40.7 Å². The quantitative estimate of drug-likeness (QED) is 0.748. The zero-order chi connectivity index (χ0) is 16.0. The van der Waals surface area contributed by atoms with E-state index in [1.54, 1.807) is 4.90 Å². The first kappa shape index (κ1) is 16.5. The monoisotopic (exact) mass is 313 g/mol. The maximum atomic E-state index is 12.8. The first-order chi connectivity index (χ1) is 9.60. The van der Waals surface area contributed by atoms with Gasteiger partial charge >= 0.3 is 0 Å². The highest BCUT2D eigenvalue weighted by Gasteiger charge is 2.61. The van der Waals surface area contributed by atoms with Crippen LogP contribution in [-0.4, -0.2) is 43.3 Å². The van der Waals surface area contributed by atoms with E-state index in [0.717, 1.165) is 0 Å². The van der Waals surface area contributed by atoms with Crippen molar-refractivity contribution in [2.24, 2.45) is 17.3 Å². The third-order valence-corrected chi connectivity index (χ3v) is 6.71. The number of carbonyl (C=O) groups excluding carboxylic acids is 1. The molecule has 120 valence electrons. The number of hydrogen-bond acceptors (Lipinski definition) is 3. The molecule has 2 aliphatic rings. The SMILES string of the molecule is CCN(C(=O)[C@@H]1[C@H](C=C(C)C)C1(C)C)[C@@H]1CCS(=O)(=O)C1. The lowest BCUT2D eigenvalue weighted by Gasteiger charge is -2.27. The van der Waals surface area contributed by atoms with Gasteiger partial charge in [0.1, 0.15) is 0 Å². The zero-order valence-corrected chi connectivity index (χ0v) is 14.5. The Morgan fingerprint density at radius 2 is 1.95 bits per heavy atom. The largest absolute Gasteiger partial charge is 0.339 e. The van der Waals surface area contributed by atoms with Crippen LogP contribution in [-0.2, 0) is 14.6 Å². The molecule has 3 atom stereocenters. The molecule has 0 N–H and O–H groups in total. The molecule has 0 aromatic rings. The third-order valence-electron chi connectivity index (χ3n) is 4.96. The van der Waals surface area contributed by atoms with Crippen molar-refractivity contribution < 1.29 is 13.2 Å². The summed E-state index contributed by atoms with van der Waals surface area (Å²) in [6.07, 6.45) is 2.77. The molecule has 0 aromatic carbocycles. The van der Waals surface area contributed by atoms with E-state index in [4.69, 9.17) is 0 Å². The molecule has 1 aliphatic heterocycles. The van der Waals surface area contributed by atoms with Crippen molar-refractivity contribution in [2.75, 3.05) is 18.1 Å². The lowest BCUT2D eigenvalue weighted by molar-refractivity contribution is -0.135. The van der Waals surface area contributed by atoms with Crippen molar-refractivity contribution in [1.82, 2.24) is 4.90 Å². The maximum absolute atomic E-state index is 12.8. The van der Waals surface area contributed by atoms with E-state index in [9.17, 15) is 13.2 Å². The van der Waals surface area contributed by atoms with E-state index >= 15 is 0 Å².